The Balaban J connectivity index is 3.32. The van der Waals surface area contributed by atoms with E-state index in [1.165, 1.54) is 405 Å². The van der Waals surface area contributed by atoms with E-state index in [9.17, 15) is 19.8 Å². The first-order valence-corrected chi connectivity index (χ1v) is 40.3. The van der Waals surface area contributed by atoms with Gasteiger partial charge in [0.15, 0.2) is 0 Å². The van der Waals surface area contributed by atoms with Crippen molar-refractivity contribution in [3.05, 3.63) is 0 Å². The van der Waals surface area contributed by atoms with Gasteiger partial charge in [-0.05, 0) is 25.7 Å². The predicted molar refractivity (Wildman–Crippen MR) is 380 cm³/mol. The van der Waals surface area contributed by atoms with Gasteiger partial charge in [0.1, 0.15) is 0 Å². The van der Waals surface area contributed by atoms with Gasteiger partial charge in [-0.1, -0.05) is 438 Å². The summed E-state index contributed by atoms with van der Waals surface area (Å²) in [6.45, 7) is 5.02. The molecule has 3 N–H and O–H groups in total. The Labute approximate surface area is 540 Å². The van der Waals surface area contributed by atoms with Gasteiger partial charge in [-0.25, -0.2) is 0 Å². The molecule has 0 aromatic heterocycles. The number of hydrogen-bond acceptors (Lipinski definition) is 5. The summed E-state index contributed by atoms with van der Waals surface area (Å²) in [4.78, 5) is 24.7. The summed E-state index contributed by atoms with van der Waals surface area (Å²) in [6, 6.07) is -0.539. The van der Waals surface area contributed by atoms with Crippen molar-refractivity contribution in [2.24, 2.45) is 0 Å². The first kappa shape index (κ1) is 84.9. The largest absolute Gasteiger partial charge is 0.466 e. The van der Waals surface area contributed by atoms with Gasteiger partial charge in [-0.2, -0.15) is 0 Å². The number of nitrogens with one attached hydrogen (secondary N) is 1. The Kier molecular flexibility index (Phi) is 75.3. The van der Waals surface area contributed by atoms with Gasteiger partial charge < -0.3 is 20.3 Å². The molecular weight excluding hydrogens is 1050 g/mol. The van der Waals surface area contributed by atoms with E-state index in [0.717, 1.165) is 38.5 Å². The third-order valence-electron chi connectivity index (χ3n) is 19.4. The van der Waals surface area contributed by atoms with E-state index in [1.807, 2.05) is 0 Å². The summed E-state index contributed by atoms with van der Waals surface area (Å²) in [5.74, 6) is 0.000741. The molecule has 0 spiro atoms. The van der Waals surface area contributed by atoms with Crippen molar-refractivity contribution in [2.75, 3.05) is 13.2 Å². The fourth-order valence-electron chi connectivity index (χ4n) is 13.3. The fraction of sp³-hybridized carbons (Fsp3) is 0.975. The minimum Gasteiger partial charge on any atom is -0.466 e. The lowest BCUT2D eigenvalue weighted by Gasteiger charge is -2.22. The molecule has 2 atom stereocenters. The molecule has 514 valence electrons. The number of rotatable bonds is 77. The molecule has 0 heterocycles. The maximum absolute atomic E-state index is 12.6. The topological polar surface area (TPSA) is 95.9 Å². The van der Waals surface area contributed by atoms with Gasteiger partial charge in [0.05, 0.1) is 25.4 Å². The van der Waals surface area contributed by atoms with Gasteiger partial charge in [-0.3, -0.25) is 9.59 Å². The normalized spacial score (nSPS) is 12.4. The van der Waals surface area contributed by atoms with Gasteiger partial charge >= 0.3 is 5.97 Å². The van der Waals surface area contributed by atoms with Gasteiger partial charge in [0.25, 0.3) is 0 Å². The first-order chi connectivity index (χ1) is 42.5. The zero-order valence-corrected chi connectivity index (χ0v) is 59.1. The maximum Gasteiger partial charge on any atom is 0.305 e. The van der Waals surface area contributed by atoms with Crippen molar-refractivity contribution >= 4 is 11.9 Å². The van der Waals surface area contributed by atoms with E-state index in [0.29, 0.717) is 25.9 Å². The van der Waals surface area contributed by atoms with Crippen LogP contribution in [-0.2, 0) is 14.3 Å². The van der Waals surface area contributed by atoms with Crippen LogP contribution in [0.4, 0.5) is 0 Å². The molecule has 86 heavy (non-hydrogen) atoms. The highest BCUT2D eigenvalue weighted by Gasteiger charge is 2.20. The summed E-state index contributed by atoms with van der Waals surface area (Å²) in [6.07, 6.45) is 94.8. The number of aliphatic hydroxyl groups excluding tert-OH is 2. The fourth-order valence-corrected chi connectivity index (χ4v) is 13.3. The Morgan fingerprint density at radius 2 is 0.477 bits per heavy atom. The van der Waals surface area contributed by atoms with Crippen LogP contribution < -0.4 is 5.32 Å². The predicted octanol–water partition coefficient (Wildman–Crippen LogP) is 26.5. The van der Waals surface area contributed by atoms with E-state index in [4.69, 9.17) is 4.74 Å². The second-order valence-electron chi connectivity index (χ2n) is 28.1. The molecule has 0 saturated carbocycles. The van der Waals surface area contributed by atoms with Gasteiger partial charge in [0, 0.05) is 12.8 Å². The van der Waals surface area contributed by atoms with Crippen LogP contribution in [0, 0.1) is 0 Å². The summed E-state index contributed by atoms with van der Waals surface area (Å²) >= 11 is 0. The zero-order chi connectivity index (χ0) is 62.0. The molecule has 0 aliphatic carbocycles. The Morgan fingerprint density at radius 3 is 0.709 bits per heavy atom. The number of esters is 1. The lowest BCUT2D eigenvalue weighted by Crippen LogP contribution is -2.45. The van der Waals surface area contributed by atoms with Crippen molar-refractivity contribution in [1.29, 1.82) is 0 Å². The summed E-state index contributed by atoms with van der Waals surface area (Å²) in [5, 5.41) is 23.5. The van der Waals surface area contributed by atoms with Crippen LogP contribution in [0.5, 0.6) is 0 Å². The van der Waals surface area contributed by atoms with Crippen molar-refractivity contribution in [1.82, 2.24) is 5.32 Å². The van der Waals surface area contributed by atoms with Crippen molar-refractivity contribution in [2.45, 2.75) is 488 Å². The molecule has 0 aliphatic heterocycles. The molecule has 0 fully saturated rings. The van der Waals surface area contributed by atoms with Crippen molar-refractivity contribution in [3.63, 3.8) is 0 Å². The molecule has 6 heteroatoms. The highest BCUT2D eigenvalue weighted by atomic mass is 16.5. The number of carbonyl (C=O) groups excluding carboxylic acids is 2. The molecule has 0 aromatic carbocycles. The minimum absolute atomic E-state index is 0.0245. The number of hydrogen-bond donors (Lipinski definition) is 3. The van der Waals surface area contributed by atoms with Crippen LogP contribution in [0.15, 0.2) is 0 Å². The molecule has 2 unspecified atom stereocenters. The minimum atomic E-state index is -0.662. The van der Waals surface area contributed by atoms with Crippen molar-refractivity contribution in [3.8, 4) is 0 Å². The van der Waals surface area contributed by atoms with E-state index in [-0.39, 0.29) is 18.5 Å². The highest BCUT2D eigenvalue weighted by molar-refractivity contribution is 5.76. The highest BCUT2D eigenvalue weighted by Crippen LogP contribution is 2.21. The average Bonchev–Trinajstić information content (AvgIpc) is 3.59. The molecule has 6 nitrogen and oxygen atoms in total. The quantitative estimate of drug-likeness (QED) is 0.0417. The second-order valence-corrected chi connectivity index (χ2v) is 28.1. The van der Waals surface area contributed by atoms with E-state index in [2.05, 4.69) is 19.2 Å². The standard InChI is InChI=1S/C80H159NO5/c1-3-5-7-9-11-13-15-17-19-21-22-23-32-35-38-41-44-48-52-56-60-64-68-72-78(83)77(76-82)81-79(84)73-69-65-61-57-53-49-45-42-39-36-33-30-28-26-24-25-27-29-31-34-37-40-43-47-51-55-59-63-67-71-75-86-80(85)74-70-66-62-58-54-50-46-20-18-16-14-12-10-8-6-4-2/h77-78,82-83H,3-76H2,1-2H3,(H,81,84). The lowest BCUT2D eigenvalue weighted by molar-refractivity contribution is -0.143. The average molecular weight is 1220 g/mol. The number of ether oxygens (including phenoxy) is 1. The van der Waals surface area contributed by atoms with E-state index in [1.54, 1.807) is 0 Å². The van der Waals surface area contributed by atoms with Crippen LogP contribution in [-0.4, -0.2) is 47.4 Å². The second kappa shape index (κ2) is 76.3. The van der Waals surface area contributed by atoms with Crippen LogP contribution in [0.2, 0.25) is 0 Å². The van der Waals surface area contributed by atoms with Gasteiger partial charge in [0.2, 0.25) is 5.91 Å². The third-order valence-corrected chi connectivity index (χ3v) is 19.4. The summed E-state index contributed by atoms with van der Waals surface area (Å²) < 4.78 is 5.51. The first-order valence-electron chi connectivity index (χ1n) is 40.3. The lowest BCUT2D eigenvalue weighted by atomic mass is 10.0. The molecule has 0 bridgehead atoms. The Bertz CT molecular complexity index is 1260. The molecule has 1 amide bonds. The number of carbonyl (C=O) groups is 2. The Hall–Kier alpha value is -1.14. The van der Waals surface area contributed by atoms with Crippen LogP contribution in [0.3, 0.4) is 0 Å². The molecular formula is C80H159NO5. The smallest absolute Gasteiger partial charge is 0.305 e. The number of aliphatic hydroxyl groups is 2. The molecule has 0 aliphatic rings. The molecule has 0 radical (unpaired) electrons. The number of amides is 1. The summed E-state index contributed by atoms with van der Waals surface area (Å²) in [5.41, 5.74) is 0. The third kappa shape index (κ3) is 71.9. The summed E-state index contributed by atoms with van der Waals surface area (Å²) in [7, 11) is 0. The SMILES string of the molecule is CCCCCCCCCCCCCCCCCCCCCCCCCC(O)C(CO)NC(=O)CCCCCCCCCCCCCCCCCCCCCCCCCCCCCCCCOC(=O)CCCCCCCCCCCCCCCCCC. The van der Waals surface area contributed by atoms with Crippen LogP contribution in [0.25, 0.3) is 0 Å². The van der Waals surface area contributed by atoms with E-state index < -0.39 is 12.1 Å². The molecule has 0 rings (SSSR count). The zero-order valence-electron chi connectivity index (χ0n) is 59.1. The maximum atomic E-state index is 12.6. The molecule has 0 aromatic rings. The van der Waals surface area contributed by atoms with Gasteiger partial charge in [-0.15, -0.1) is 0 Å². The Morgan fingerprint density at radius 1 is 0.279 bits per heavy atom. The number of unbranched alkanes of at least 4 members (excludes halogenated alkanes) is 66. The monoisotopic (exact) mass is 1210 g/mol. The molecule has 0 saturated heterocycles. The van der Waals surface area contributed by atoms with Crippen LogP contribution in [0.1, 0.15) is 476 Å². The van der Waals surface area contributed by atoms with Crippen molar-refractivity contribution < 1.29 is 24.5 Å². The van der Waals surface area contributed by atoms with Crippen LogP contribution >= 0.6 is 0 Å². The van der Waals surface area contributed by atoms with E-state index >= 15 is 0 Å².